The van der Waals surface area contributed by atoms with Crippen LogP contribution in [0.2, 0.25) is 12.6 Å². The molecule has 2 N–H and O–H groups in total. The Morgan fingerprint density at radius 3 is 1.75 bits per heavy atom. The van der Waals surface area contributed by atoms with Crippen molar-refractivity contribution >= 4 is 13.8 Å². The van der Waals surface area contributed by atoms with E-state index in [-0.39, 0.29) is 0 Å². The summed E-state index contributed by atoms with van der Waals surface area (Å²) in [5.74, 6) is 0. The van der Waals surface area contributed by atoms with Crippen molar-refractivity contribution in [1.29, 1.82) is 0 Å². The molecule has 0 radical (unpaired) electrons. The third kappa shape index (κ3) is 0.812. The topological polar surface area (TPSA) is 40.5 Å². The SMILES string of the molecule is C=C1B(O)CCB1O. The second-order valence-corrected chi connectivity index (χ2v) is 2.18. The zero-order valence-electron chi connectivity index (χ0n) is 4.67. The summed E-state index contributed by atoms with van der Waals surface area (Å²) in [6.45, 7) is 2.61. The van der Waals surface area contributed by atoms with Crippen LogP contribution in [-0.2, 0) is 0 Å². The maximum Gasteiger partial charge on any atom is 0.311 e. The third-order valence-corrected chi connectivity index (χ3v) is 1.57. The molecule has 1 rings (SSSR count). The van der Waals surface area contributed by atoms with Gasteiger partial charge in [0.2, 0.25) is 0 Å². The lowest BCUT2D eigenvalue weighted by molar-refractivity contribution is 0.583. The Morgan fingerprint density at radius 1 is 1.25 bits per heavy atom. The van der Waals surface area contributed by atoms with E-state index in [0.717, 1.165) is 0 Å². The van der Waals surface area contributed by atoms with E-state index in [1.165, 1.54) is 0 Å². The Bertz CT molecular complexity index is 103. The van der Waals surface area contributed by atoms with Gasteiger partial charge >= 0.3 is 13.8 Å². The first-order valence-corrected chi connectivity index (χ1v) is 2.76. The highest BCUT2D eigenvalue weighted by Gasteiger charge is 2.32. The minimum atomic E-state index is -0.454. The van der Waals surface area contributed by atoms with Crippen molar-refractivity contribution in [2.24, 2.45) is 0 Å². The molecule has 1 saturated heterocycles. The van der Waals surface area contributed by atoms with Crippen LogP contribution < -0.4 is 0 Å². The zero-order chi connectivity index (χ0) is 6.15. The predicted octanol–water partition coefficient (Wildman–Crippen LogP) is -0.398. The van der Waals surface area contributed by atoms with Gasteiger partial charge in [-0.2, -0.15) is 0 Å². The summed E-state index contributed by atoms with van der Waals surface area (Å²) >= 11 is 0. The highest BCUT2D eigenvalue weighted by molar-refractivity contribution is 6.86. The highest BCUT2D eigenvalue weighted by atomic mass is 16.2. The molecule has 1 heterocycles. The van der Waals surface area contributed by atoms with Crippen molar-refractivity contribution in [3.63, 3.8) is 0 Å². The van der Waals surface area contributed by atoms with Crippen molar-refractivity contribution in [3.8, 4) is 0 Å². The molecule has 1 aliphatic heterocycles. The Hall–Kier alpha value is -0.210. The van der Waals surface area contributed by atoms with Crippen LogP contribution in [0.5, 0.6) is 0 Å². The van der Waals surface area contributed by atoms with E-state index in [0.29, 0.717) is 18.0 Å². The lowest BCUT2D eigenvalue weighted by Crippen LogP contribution is -2.16. The van der Waals surface area contributed by atoms with Crippen LogP contribution in [0.25, 0.3) is 0 Å². The fraction of sp³-hybridized carbons (Fsp3) is 0.500. The summed E-state index contributed by atoms with van der Waals surface area (Å²) in [6, 6.07) is 0. The molecule has 42 valence electrons. The number of hydrogen-bond donors (Lipinski definition) is 2. The zero-order valence-corrected chi connectivity index (χ0v) is 4.67. The van der Waals surface area contributed by atoms with Crippen LogP contribution in [-0.4, -0.2) is 23.9 Å². The van der Waals surface area contributed by atoms with Crippen LogP contribution in [0.15, 0.2) is 12.0 Å². The smallest absolute Gasteiger partial charge is 0.311 e. The molecule has 0 saturated carbocycles. The molecular weight excluding hydrogens is 102 g/mol. The van der Waals surface area contributed by atoms with Gasteiger partial charge in [-0.3, -0.25) is 0 Å². The monoisotopic (exact) mass is 110 g/mol. The first-order chi connectivity index (χ1) is 3.72. The second-order valence-electron chi connectivity index (χ2n) is 2.18. The van der Waals surface area contributed by atoms with E-state index in [9.17, 15) is 0 Å². The molecule has 0 atom stereocenters. The van der Waals surface area contributed by atoms with E-state index in [2.05, 4.69) is 6.58 Å². The molecule has 1 fully saturated rings. The van der Waals surface area contributed by atoms with Gasteiger partial charge < -0.3 is 10.0 Å². The Kier molecular flexibility index (Phi) is 1.45. The van der Waals surface area contributed by atoms with Gasteiger partial charge in [0, 0.05) is 0 Å². The summed E-state index contributed by atoms with van der Waals surface area (Å²) in [5, 5.41) is 18.4. The molecule has 4 heteroatoms. The van der Waals surface area contributed by atoms with Gasteiger partial charge in [0.05, 0.1) is 0 Å². The highest BCUT2D eigenvalue weighted by Crippen LogP contribution is 2.19. The second kappa shape index (κ2) is 1.96. The molecule has 0 aromatic carbocycles. The van der Waals surface area contributed by atoms with Gasteiger partial charge in [-0.15, -0.1) is 6.58 Å². The summed E-state index contributed by atoms with van der Waals surface area (Å²) in [5.41, 5.74) is 0. The van der Waals surface area contributed by atoms with Crippen molar-refractivity contribution < 1.29 is 10.0 Å². The summed E-state index contributed by atoms with van der Waals surface area (Å²) in [6.07, 6.45) is 1.33. The van der Waals surface area contributed by atoms with Gasteiger partial charge in [0.15, 0.2) is 0 Å². The van der Waals surface area contributed by atoms with E-state index in [1.807, 2.05) is 0 Å². The van der Waals surface area contributed by atoms with E-state index < -0.39 is 13.8 Å². The van der Waals surface area contributed by atoms with Crippen molar-refractivity contribution in [3.05, 3.63) is 12.0 Å². The fourth-order valence-electron chi connectivity index (χ4n) is 0.909. The molecule has 2 nitrogen and oxygen atoms in total. The Balaban J connectivity index is 2.57. The van der Waals surface area contributed by atoms with Crippen molar-refractivity contribution in [2.45, 2.75) is 12.6 Å². The quantitative estimate of drug-likeness (QED) is 0.416. The number of rotatable bonds is 0. The third-order valence-electron chi connectivity index (χ3n) is 1.57. The van der Waals surface area contributed by atoms with E-state index in [4.69, 9.17) is 10.0 Å². The fourth-order valence-corrected chi connectivity index (χ4v) is 0.909. The average molecular weight is 110 g/mol. The normalized spacial score (nSPS) is 20.5. The standard InChI is InChI=1S/C4H8B2O2/c1-4-5(7)2-3-6(4)8/h7-8H,1-3H2. The van der Waals surface area contributed by atoms with Crippen molar-refractivity contribution in [1.82, 2.24) is 0 Å². The molecule has 0 aromatic heterocycles. The minimum Gasteiger partial charge on any atom is -0.447 e. The molecule has 0 aromatic rings. The predicted molar refractivity (Wildman–Crippen MR) is 34.7 cm³/mol. The molecule has 0 aliphatic carbocycles. The van der Waals surface area contributed by atoms with E-state index in [1.54, 1.807) is 0 Å². The van der Waals surface area contributed by atoms with E-state index >= 15 is 0 Å². The molecule has 1 aliphatic rings. The van der Waals surface area contributed by atoms with Gasteiger partial charge in [-0.1, -0.05) is 5.37 Å². The molecule has 0 unspecified atom stereocenters. The lowest BCUT2D eigenvalue weighted by Gasteiger charge is -1.95. The van der Waals surface area contributed by atoms with Gasteiger partial charge in [0.25, 0.3) is 0 Å². The maximum absolute atomic E-state index is 8.91. The molecule has 0 spiro atoms. The van der Waals surface area contributed by atoms with Crippen LogP contribution >= 0.6 is 0 Å². The largest absolute Gasteiger partial charge is 0.447 e. The molecule has 0 amide bonds. The van der Waals surface area contributed by atoms with Crippen molar-refractivity contribution in [2.75, 3.05) is 0 Å². The summed E-state index contributed by atoms with van der Waals surface area (Å²) in [7, 11) is 0. The van der Waals surface area contributed by atoms with Crippen LogP contribution in [0.3, 0.4) is 0 Å². The van der Waals surface area contributed by atoms with Crippen LogP contribution in [0.4, 0.5) is 0 Å². The van der Waals surface area contributed by atoms with Gasteiger partial charge in [-0.25, -0.2) is 0 Å². The lowest BCUT2D eigenvalue weighted by atomic mass is 9.51. The Morgan fingerprint density at radius 2 is 1.62 bits per heavy atom. The molecule has 0 bridgehead atoms. The first-order valence-electron chi connectivity index (χ1n) is 2.76. The minimum absolute atomic E-state index is 0.454. The van der Waals surface area contributed by atoms with Gasteiger partial charge in [0.1, 0.15) is 0 Å². The summed E-state index contributed by atoms with van der Waals surface area (Å²) < 4.78 is 0. The van der Waals surface area contributed by atoms with Gasteiger partial charge in [-0.05, 0) is 12.6 Å². The first kappa shape index (κ1) is 5.92. The maximum atomic E-state index is 8.91. The number of hydrogen-bond acceptors (Lipinski definition) is 2. The van der Waals surface area contributed by atoms with Crippen LogP contribution in [0, 0.1) is 0 Å². The Labute approximate surface area is 49.4 Å². The molecular formula is C4H8B2O2. The average Bonchev–Trinajstić information content (AvgIpc) is 1.98. The van der Waals surface area contributed by atoms with Crippen LogP contribution in [0.1, 0.15) is 0 Å². The molecule has 8 heavy (non-hydrogen) atoms. The summed E-state index contributed by atoms with van der Waals surface area (Å²) in [4.78, 5) is 0.